The van der Waals surface area contributed by atoms with Gasteiger partial charge in [-0.15, -0.1) is 0 Å². The highest BCUT2D eigenvalue weighted by Crippen LogP contribution is 2.22. The Labute approximate surface area is 127 Å². The van der Waals surface area contributed by atoms with Crippen molar-refractivity contribution < 1.29 is 14.8 Å². The number of phenols is 1. The number of phenolic OH excluding ortho intramolecular Hbond substituents is 1. The van der Waals surface area contributed by atoms with Crippen LogP contribution in [0.15, 0.2) is 48.5 Å². The van der Waals surface area contributed by atoms with Gasteiger partial charge in [-0.05, 0) is 36.2 Å². The number of amides is 1. The molecule has 0 saturated heterocycles. The van der Waals surface area contributed by atoms with Gasteiger partial charge in [0, 0.05) is 17.7 Å². The van der Waals surface area contributed by atoms with E-state index in [4.69, 9.17) is 0 Å². The maximum absolute atomic E-state index is 12.2. The zero-order chi connectivity index (χ0) is 16.1. The summed E-state index contributed by atoms with van der Waals surface area (Å²) in [6.45, 7) is 1.89. The minimum absolute atomic E-state index is 0.00478. The Morgan fingerprint density at radius 2 is 1.95 bits per heavy atom. The van der Waals surface area contributed by atoms with Crippen LogP contribution in [0.1, 0.15) is 35.3 Å². The van der Waals surface area contributed by atoms with Gasteiger partial charge in [0.25, 0.3) is 11.6 Å². The molecular weight excluding hydrogens is 284 g/mol. The third-order valence-electron chi connectivity index (χ3n) is 3.33. The number of rotatable bonds is 5. The van der Waals surface area contributed by atoms with Crippen LogP contribution in [0.3, 0.4) is 0 Å². The summed E-state index contributed by atoms with van der Waals surface area (Å²) < 4.78 is 0. The summed E-state index contributed by atoms with van der Waals surface area (Å²) in [7, 11) is 0. The number of nitro groups is 1. The van der Waals surface area contributed by atoms with Crippen molar-refractivity contribution in [2.24, 2.45) is 0 Å². The Kier molecular flexibility index (Phi) is 4.73. The lowest BCUT2D eigenvalue weighted by atomic mass is 10.0. The van der Waals surface area contributed by atoms with Crippen molar-refractivity contribution in [1.82, 2.24) is 5.32 Å². The molecule has 0 heterocycles. The molecule has 0 aliphatic rings. The number of aromatic hydroxyl groups is 1. The summed E-state index contributed by atoms with van der Waals surface area (Å²) in [5.74, 6) is -0.208. The zero-order valence-electron chi connectivity index (χ0n) is 12.0. The molecule has 2 N–H and O–H groups in total. The van der Waals surface area contributed by atoms with Gasteiger partial charge in [-0.25, -0.2) is 0 Å². The Morgan fingerprint density at radius 1 is 1.27 bits per heavy atom. The smallest absolute Gasteiger partial charge is 0.269 e. The number of nitrogens with zero attached hydrogens (tertiary/aromatic N) is 1. The minimum Gasteiger partial charge on any atom is -0.508 e. The number of benzene rings is 2. The molecule has 0 fully saturated rings. The molecule has 114 valence electrons. The lowest BCUT2D eigenvalue weighted by molar-refractivity contribution is -0.384. The maximum atomic E-state index is 12.2. The second kappa shape index (κ2) is 6.71. The Bertz CT molecular complexity index is 683. The molecule has 1 unspecified atom stereocenters. The molecule has 0 saturated carbocycles. The number of carbonyl (C=O) groups excluding carboxylic acids is 1. The fourth-order valence-corrected chi connectivity index (χ4v) is 2.13. The van der Waals surface area contributed by atoms with Gasteiger partial charge in [0.15, 0.2) is 0 Å². The van der Waals surface area contributed by atoms with Gasteiger partial charge in [0.2, 0.25) is 0 Å². The van der Waals surface area contributed by atoms with Crippen LogP contribution in [-0.2, 0) is 0 Å². The van der Waals surface area contributed by atoms with Gasteiger partial charge in [-0.3, -0.25) is 14.9 Å². The molecule has 0 bridgehead atoms. The summed E-state index contributed by atoms with van der Waals surface area (Å²) in [6, 6.07) is 11.8. The number of nitro benzene ring substituents is 1. The third-order valence-corrected chi connectivity index (χ3v) is 3.33. The van der Waals surface area contributed by atoms with Gasteiger partial charge in [-0.1, -0.05) is 19.1 Å². The average Bonchev–Trinajstić information content (AvgIpc) is 2.53. The molecule has 0 aliphatic heterocycles. The lowest BCUT2D eigenvalue weighted by Crippen LogP contribution is -2.28. The molecule has 2 aromatic carbocycles. The van der Waals surface area contributed by atoms with Crippen LogP contribution in [0.4, 0.5) is 5.69 Å². The van der Waals surface area contributed by atoms with Gasteiger partial charge >= 0.3 is 0 Å². The third kappa shape index (κ3) is 3.60. The molecule has 0 spiro atoms. The van der Waals surface area contributed by atoms with Crippen LogP contribution in [-0.4, -0.2) is 15.9 Å². The first kappa shape index (κ1) is 15.5. The molecule has 0 radical (unpaired) electrons. The van der Waals surface area contributed by atoms with Crippen molar-refractivity contribution in [3.05, 3.63) is 69.8 Å². The van der Waals surface area contributed by atoms with E-state index in [1.54, 1.807) is 12.1 Å². The second-order valence-electron chi connectivity index (χ2n) is 4.83. The summed E-state index contributed by atoms with van der Waals surface area (Å²) in [4.78, 5) is 22.6. The highest BCUT2D eigenvalue weighted by Gasteiger charge is 2.16. The van der Waals surface area contributed by atoms with Crippen LogP contribution in [0.25, 0.3) is 0 Å². The van der Waals surface area contributed by atoms with Crippen molar-refractivity contribution in [2.45, 2.75) is 19.4 Å². The monoisotopic (exact) mass is 300 g/mol. The largest absolute Gasteiger partial charge is 0.508 e. The first-order valence-electron chi connectivity index (χ1n) is 6.85. The summed E-state index contributed by atoms with van der Waals surface area (Å²) >= 11 is 0. The molecule has 0 aromatic heterocycles. The quantitative estimate of drug-likeness (QED) is 0.655. The molecule has 0 aliphatic carbocycles. The predicted molar refractivity (Wildman–Crippen MR) is 81.7 cm³/mol. The highest BCUT2D eigenvalue weighted by atomic mass is 16.6. The molecule has 1 atom stereocenters. The second-order valence-corrected chi connectivity index (χ2v) is 4.83. The molecule has 2 rings (SSSR count). The average molecular weight is 300 g/mol. The van der Waals surface area contributed by atoms with E-state index in [1.807, 2.05) is 6.92 Å². The van der Waals surface area contributed by atoms with Gasteiger partial charge in [-0.2, -0.15) is 0 Å². The molecule has 6 heteroatoms. The van der Waals surface area contributed by atoms with Crippen molar-refractivity contribution in [1.29, 1.82) is 0 Å². The van der Waals surface area contributed by atoms with Crippen LogP contribution in [0, 0.1) is 10.1 Å². The lowest BCUT2D eigenvalue weighted by Gasteiger charge is -2.17. The standard InChI is InChI=1S/C16H16N2O4/c1-2-15(12-4-3-5-13(10-12)18(21)22)17-16(20)11-6-8-14(19)9-7-11/h3-10,15,19H,2H2,1H3,(H,17,20). The molecule has 1 amide bonds. The van der Waals surface area contributed by atoms with Gasteiger partial charge in [0.05, 0.1) is 11.0 Å². The topological polar surface area (TPSA) is 92.5 Å². The molecular formula is C16H16N2O4. The van der Waals surface area contributed by atoms with Crippen molar-refractivity contribution in [2.75, 3.05) is 0 Å². The van der Waals surface area contributed by atoms with Gasteiger partial charge in [0.1, 0.15) is 5.75 Å². The van der Waals surface area contributed by atoms with E-state index in [0.29, 0.717) is 17.5 Å². The van der Waals surface area contributed by atoms with Crippen molar-refractivity contribution in [3.8, 4) is 5.75 Å². The normalized spacial score (nSPS) is 11.7. The van der Waals surface area contributed by atoms with E-state index >= 15 is 0 Å². The van der Waals surface area contributed by atoms with Gasteiger partial charge < -0.3 is 10.4 Å². The van der Waals surface area contributed by atoms with Crippen LogP contribution >= 0.6 is 0 Å². The minimum atomic E-state index is -0.460. The van der Waals surface area contributed by atoms with Crippen LogP contribution < -0.4 is 5.32 Å². The van der Waals surface area contributed by atoms with E-state index in [2.05, 4.69) is 5.32 Å². The molecule has 22 heavy (non-hydrogen) atoms. The predicted octanol–water partition coefficient (Wildman–Crippen LogP) is 3.18. The number of hydrogen-bond donors (Lipinski definition) is 2. The Balaban J connectivity index is 2.18. The number of carbonyl (C=O) groups is 1. The zero-order valence-corrected chi connectivity index (χ0v) is 12.0. The first-order valence-corrected chi connectivity index (χ1v) is 6.85. The molecule has 6 nitrogen and oxygen atoms in total. The van der Waals surface area contributed by atoms with Crippen molar-refractivity contribution >= 4 is 11.6 Å². The van der Waals surface area contributed by atoms with Crippen LogP contribution in [0.2, 0.25) is 0 Å². The Morgan fingerprint density at radius 3 is 2.55 bits per heavy atom. The fraction of sp³-hybridized carbons (Fsp3) is 0.188. The fourth-order valence-electron chi connectivity index (χ4n) is 2.13. The summed E-state index contributed by atoms with van der Waals surface area (Å²) in [6.07, 6.45) is 0.602. The maximum Gasteiger partial charge on any atom is 0.269 e. The first-order chi connectivity index (χ1) is 10.5. The number of non-ortho nitro benzene ring substituents is 1. The van der Waals surface area contributed by atoms with Crippen LogP contribution in [0.5, 0.6) is 5.75 Å². The van der Waals surface area contributed by atoms with E-state index < -0.39 is 4.92 Å². The summed E-state index contributed by atoms with van der Waals surface area (Å²) in [5.41, 5.74) is 1.10. The summed E-state index contributed by atoms with van der Waals surface area (Å²) in [5, 5.41) is 22.9. The Hall–Kier alpha value is -2.89. The van der Waals surface area contributed by atoms with E-state index in [9.17, 15) is 20.0 Å². The van der Waals surface area contributed by atoms with E-state index in [1.165, 1.54) is 36.4 Å². The van der Waals surface area contributed by atoms with E-state index in [-0.39, 0.29) is 23.4 Å². The van der Waals surface area contributed by atoms with Crippen molar-refractivity contribution in [3.63, 3.8) is 0 Å². The SMILES string of the molecule is CCC(NC(=O)c1ccc(O)cc1)c1cccc([N+](=O)[O-])c1. The van der Waals surface area contributed by atoms with E-state index in [0.717, 1.165) is 0 Å². The number of nitrogens with one attached hydrogen (secondary N) is 1. The highest BCUT2D eigenvalue weighted by molar-refractivity contribution is 5.94. The molecule has 2 aromatic rings. The number of hydrogen-bond acceptors (Lipinski definition) is 4.